The highest BCUT2D eigenvalue weighted by Gasteiger charge is 2.27. The molecule has 1 fully saturated rings. The molecule has 76 valence electrons. The van der Waals surface area contributed by atoms with Crippen LogP contribution in [0.5, 0.6) is 0 Å². The summed E-state index contributed by atoms with van der Waals surface area (Å²) in [7, 11) is 1.83. The molecule has 1 aromatic heterocycles. The zero-order valence-corrected chi connectivity index (χ0v) is 8.16. The molecule has 0 unspecified atom stereocenters. The van der Waals surface area contributed by atoms with Crippen molar-refractivity contribution in [2.24, 2.45) is 5.92 Å². The molecule has 0 aromatic carbocycles. The van der Waals surface area contributed by atoms with E-state index in [1.54, 1.807) is 11.1 Å². The number of rotatable bonds is 3. The van der Waals surface area contributed by atoms with E-state index in [9.17, 15) is 4.79 Å². The third kappa shape index (κ3) is 1.77. The second kappa shape index (κ2) is 3.79. The summed E-state index contributed by atoms with van der Waals surface area (Å²) < 4.78 is 0. The molecule has 0 atom stereocenters. The Morgan fingerprint density at radius 2 is 2.50 bits per heavy atom. The molecule has 1 saturated heterocycles. The van der Waals surface area contributed by atoms with Crippen molar-refractivity contribution in [1.29, 1.82) is 0 Å². The largest absolute Gasteiger partial charge is 0.341 e. The number of hydrogen-bond donors (Lipinski definition) is 2. The summed E-state index contributed by atoms with van der Waals surface area (Å²) in [5.41, 5.74) is 1.04. The summed E-state index contributed by atoms with van der Waals surface area (Å²) >= 11 is 0. The topological polar surface area (TPSA) is 61.0 Å². The van der Waals surface area contributed by atoms with E-state index in [1.165, 1.54) is 0 Å². The maximum absolute atomic E-state index is 11.7. The van der Waals surface area contributed by atoms with Gasteiger partial charge in [-0.15, -0.1) is 0 Å². The van der Waals surface area contributed by atoms with Gasteiger partial charge < -0.3 is 10.2 Å². The van der Waals surface area contributed by atoms with Crippen LogP contribution < -0.4 is 5.32 Å². The van der Waals surface area contributed by atoms with E-state index < -0.39 is 0 Å². The molecule has 0 radical (unpaired) electrons. The molecule has 14 heavy (non-hydrogen) atoms. The molecule has 1 aliphatic rings. The van der Waals surface area contributed by atoms with Gasteiger partial charge in [0.2, 0.25) is 5.91 Å². The van der Waals surface area contributed by atoms with Crippen LogP contribution in [0.25, 0.3) is 0 Å². The molecule has 5 heteroatoms. The number of aromatic nitrogens is 2. The first-order chi connectivity index (χ1) is 6.77. The highest BCUT2D eigenvalue weighted by atomic mass is 16.2. The fourth-order valence-electron chi connectivity index (χ4n) is 1.49. The van der Waals surface area contributed by atoms with Crippen LogP contribution in [-0.4, -0.2) is 41.1 Å². The van der Waals surface area contributed by atoms with E-state index in [0.29, 0.717) is 6.54 Å². The van der Waals surface area contributed by atoms with Crippen molar-refractivity contribution in [3.05, 3.63) is 18.0 Å². The molecular formula is C9H14N4O. The van der Waals surface area contributed by atoms with E-state index in [1.807, 2.05) is 13.2 Å². The van der Waals surface area contributed by atoms with Crippen LogP contribution in [0.2, 0.25) is 0 Å². The SMILES string of the molecule is CN(Cc1cn[nH]c1)C(=O)C1CNC1. The third-order valence-corrected chi connectivity index (χ3v) is 2.48. The summed E-state index contributed by atoms with van der Waals surface area (Å²) in [6, 6.07) is 0. The van der Waals surface area contributed by atoms with Crippen LogP contribution in [-0.2, 0) is 11.3 Å². The number of aromatic amines is 1. The van der Waals surface area contributed by atoms with Gasteiger partial charge in [0, 0.05) is 38.4 Å². The Balaban J connectivity index is 1.88. The van der Waals surface area contributed by atoms with Crippen molar-refractivity contribution in [2.75, 3.05) is 20.1 Å². The predicted octanol–water partition coefficient (Wildman–Crippen LogP) is -0.413. The average Bonchev–Trinajstić information content (AvgIpc) is 2.53. The minimum Gasteiger partial charge on any atom is -0.341 e. The van der Waals surface area contributed by atoms with Gasteiger partial charge in [-0.2, -0.15) is 5.10 Å². The van der Waals surface area contributed by atoms with E-state index >= 15 is 0 Å². The second-order valence-corrected chi connectivity index (χ2v) is 3.66. The summed E-state index contributed by atoms with van der Waals surface area (Å²) in [4.78, 5) is 13.5. The molecule has 0 spiro atoms. The average molecular weight is 194 g/mol. The van der Waals surface area contributed by atoms with Crippen LogP contribution in [0.15, 0.2) is 12.4 Å². The van der Waals surface area contributed by atoms with Crippen molar-refractivity contribution < 1.29 is 4.79 Å². The molecule has 1 aliphatic heterocycles. The smallest absolute Gasteiger partial charge is 0.228 e. The number of H-pyrrole nitrogens is 1. The van der Waals surface area contributed by atoms with Crippen molar-refractivity contribution in [3.8, 4) is 0 Å². The summed E-state index contributed by atoms with van der Waals surface area (Å²) in [5, 5.41) is 9.66. The zero-order chi connectivity index (χ0) is 9.97. The van der Waals surface area contributed by atoms with Crippen LogP contribution in [0.3, 0.4) is 0 Å². The monoisotopic (exact) mass is 194 g/mol. The Labute approximate surface area is 82.5 Å². The van der Waals surface area contributed by atoms with E-state index in [-0.39, 0.29) is 11.8 Å². The van der Waals surface area contributed by atoms with E-state index in [0.717, 1.165) is 18.7 Å². The molecular weight excluding hydrogens is 180 g/mol. The zero-order valence-electron chi connectivity index (χ0n) is 8.16. The van der Waals surface area contributed by atoms with Crippen LogP contribution in [0, 0.1) is 5.92 Å². The maximum Gasteiger partial charge on any atom is 0.228 e. The van der Waals surface area contributed by atoms with Crippen molar-refractivity contribution in [3.63, 3.8) is 0 Å². The molecule has 0 saturated carbocycles. The standard InChI is InChI=1S/C9H14N4O/c1-13(6-7-2-11-12-3-7)9(14)8-4-10-5-8/h2-3,8,10H,4-6H2,1H3,(H,11,12). The third-order valence-electron chi connectivity index (χ3n) is 2.48. The molecule has 1 aromatic rings. The number of carbonyl (C=O) groups is 1. The fourth-order valence-corrected chi connectivity index (χ4v) is 1.49. The molecule has 5 nitrogen and oxygen atoms in total. The van der Waals surface area contributed by atoms with Gasteiger partial charge in [0.1, 0.15) is 0 Å². The lowest BCUT2D eigenvalue weighted by molar-refractivity contribution is -0.136. The van der Waals surface area contributed by atoms with E-state index in [2.05, 4.69) is 15.5 Å². The van der Waals surface area contributed by atoms with Gasteiger partial charge in [-0.1, -0.05) is 0 Å². The molecule has 1 amide bonds. The number of carbonyl (C=O) groups excluding carboxylic acids is 1. The predicted molar refractivity (Wildman–Crippen MR) is 51.4 cm³/mol. The lowest BCUT2D eigenvalue weighted by Gasteiger charge is -2.30. The lowest BCUT2D eigenvalue weighted by atomic mass is 10.0. The first-order valence-electron chi connectivity index (χ1n) is 4.70. The van der Waals surface area contributed by atoms with Crippen molar-refractivity contribution >= 4 is 5.91 Å². The Bertz CT molecular complexity index is 305. The Hall–Kier alpha value is -1.36. The van der Waals surface area contributed by atoms with Gasteiger partial charge in [-0.25, -0.2) is 0 Å². The van der Waals surface area contributed by atoms with Gasteiger partial charge in [-0.05, 0) is 0 Å². The Kier molecular flexibility index (Phi) is 2.49. The first-order valence-corrected chi connectivity index (χ1v) is 4.70. The number of hydrogen-bond acceptors (Lipinski definition) is 3. The van der Waals surface area contributed by atoms with Gasteiger partial charge in [-0.3, -0.25) is 9.89 Å². The van der Waals surface area contributed by atoms with Crippen LogP contribution in [0.4, 0.5) is 0 Å². The Morgan fingerprint density at radius 3 is 3.00 bits per heavy atom. The first kappa shape index (κ1) is 9.21. The van der Waals surface area contributed by atoms with Gasteiger partial charge >= 0.3 is 0 Å². The summed E-state index contributed by atoms with van der Waals surface area (Å²) in [6.45, 7) is 2.26. The van der Waals surface area contributed by atoms with Gasteiger partial charge in [0.15, 0.2) is 0 Å². The maximum atomic E-state index is 11.7. The minimum absolute atomic E-state index is 0.173. The number of amides is 1. The molecule has 0 aliphatic carbocycles. The highest BCUT2D eigenvalue weighted by molar-refractivity contribution is 5.79. The second-order valence-electron chi connectivity index (χ2n) is 3.66. The molecule has 0 bridgehead atoms. The lowest BCUT2D eigenvalue weighted by Crippen LogP contribution is -2.50. The summed E-state index contributed by atoms with van der Waals surface area (Å²) in [6.07, 6.45) is 3.55. The normalized spacial score (nSPS) is 16.4. The molecule has 2 heterocycles. The minimum atomic E-state index is 0.173. The number of nitrogens with zero attached hydrogens (tertiary/aromatic N) is 2. The van der Waals surface area contributed by atoms with Crippen LogP contribution in [0.1, 0.15) is 5.56 Å². The summed E-state index contributed by atoms with van der Waals surface area (Å²) in [5.74, 6) is 0.386. The number of nitrogens with one attached hydrogen (secondary N) is 2. The van der Waals surface area contributed by atoms with Crippen LogP contribution >= 0.6 is 0 Å². The quantitative estimate of drug-likeness (QED) is 0.687. The fraction of sp³-hybridized carbons (Fsp3) is 0.556. The molecule has 2 N–H and O–H groups in total. The van der Waals surface area contributed by atoms with E-state index in [4.69, 9.17) is 0 Å². The highest BCUT2D eigenvalue weighted by Crippen LogP contribution is 2.09. The Morgan fingerprint density at radius 1 is 1.71 bits per heavy atom. The van der Waals surface area contributed by atoms with Gasteiger partial charge in [0.25, 0.3) is 0 Å². The van der Waals surface area contributed by atoms with Crippen molar-refractivity contribution in [1.82, 2.24) is 20.4 Å². The molecule has 2 rings (SSSR count). The van der Waals surface area contributed by atoms with Gasteiger partial charge in [0.05, 0.1) is 12.1 Å². The van der Waals surface area contributed by atoms with Crippen molar-refractivity contribution in [2.45, 2.75) is 6.54 Å².